The molecule has 0 aliphatic heterocycles. The predicted molar refractivity (Wildman–Crippen MR) is 123 cm³/mol. The van der Waals surface area contributed by atoms with Gasteiger partial charge in [-0.15, -0.1) is 0 Å². The molecule has 0 N–H and O–H groups in total. The number of fused-ring (bicyclic) bond motifs is 3. The quantitative estimate of drug-likeness (QED) is 0.344. The lowest BCUT2D eigenvalue weighted by molar-refractivity contribution is -0.660. The van der Waals surface area contributed by atoms with Gasteiger partial charge < -0.3 is 0 Å². The minimum Gasteiger partial charge on any atom is -0.201 e. The van der Waals surface area contributed by atoms with Gasteiger partial charge in [0.25, 0.3) is 0 Å². The van der Waals surface area contributed by atoms with Crippen LogP contribution in [0.25, 0.3) is 22.4 Å². The molecule has 2 aromatic carbocycles. The van der Waals surface area contributed by atoms with Crippen molar-refractivity contribution in [1.82, 2.24) is 0 Å². The van der Waals surface area contributed by atoms with Crippen LogP contribution in [0.5, 0.6) is 0 Å². The molecule has 1 aliphatic rings. The van der Waals surface area contributed by atoms with Crippen LogP contribution in [-0.2, 0) is 19.9 Å². The standard InChI is InChI=1S/C28H34N/c1-17-13-24(29(8)16-20(17)4)25-18(2)12-19(3)26-23(25)14-21-10-9-11-22(27(21)26)15-28(5,6)7/h9-13,16H,14-15H2,1-8H3/q+1. The Morgan fingerprint density at radius 3 is 2.21 bits per heavy atom. The second kappa shape index (κ2) is 6.83. The average Bonchev–Trinajstić information content (AvgIpc) is 2.98. The lowest BCUT2D eigenvalue weighted by atomic mass is 9.83. The van der Waals surface area contributed by atoms with Gasteiger partial charge in [-0.3, -0.25) is 0 Å². The van der Waals surface area contributed by atoms with Crippen molar-refractivity contribution in [3.8, 4) is 22.4 Å². The fourth-order valence-electron chi connectivity index (χ4n) is 5.11. The molecule has 0 radical (unpaired) electrons. The van der Waals surface area contributed by atoms with E-state index in [1.807, 2.05) is 0 Å². The third kappa shape index (κ3) is 3.41. The van der Waals surface area contributed by atoms with Crippen LogP contribution >= 0.6 is 0 Å². The lowest BCUT2D eigenvalue weighted by Gasteiger charge is -2.21. The van der Waals surface area contributed by atoms with Crippen molar-refractivity contribution in [2.24, 2.45) is 12.5 Å². The van der Waals surface area contributed by atoms with Crippen molar-refractivity contribution in [2.75, 3.05) is 0 Å². The maximum atomic E-state index is 2.40. The van der Waals surface area contributed by atoms with Crippen LogP contribution < -0.4 is 4.57 Å². The molecule has 0 amide bonds. The third-order valence-electron chi connectivity index (χ3n) is 6.40. The van der Waals surface area contributed by atoms with E-state index in [4.69, 9.17) is 0 Å². The van der Waals surface area contributed by atoms with E-state index in [9.17, 15) is 0 Å². The zero-order chi connectivity index (χ0) is 21.1. The molecular formula is C28H34N+. The number of aryl methyl sites for hydroxylation is 5. The first-order valence-electron chi connectivity index (χ1n) is 10.8. The molecule has 1 aliphatic carbocycles. The predicted octanol–water partition coefficient (Wildman–Crippen LogP) is 6.57. The maximum Gasteiger partial charge on any atom is 0.213 e. The highest BCUT2D eigenvalue weighted by Crippen LogP contribution is 2.47. The molecule has 1 nitrogen and oxygen atoms in total. The summed E-state index contributed by atoms with van der Waals surface area (Å²) in [5.41, 5.74) is 16.0. The number of hydrogen-bond donors (Lipinski definition) is 0. The first-order chi connectivity index (χ1) is 13.6. The van der Waals surface area contributed by atoms with Crippen LogP contribution in [0.1, 0.15) is 59.7 Å². The molecule has 3 aromatic rings. The fraction of sp³-hybridized carbons (Fsp3) is 0.393. The normalized spacial score (nSPS) is 12.8. The van der Waals surface area contributed by atoms with E-state index >= 15 is 0 Å². The van der Waals surface area contributed by atoms with Gasteiger partial charge in [-0.25, -0.2) is 4.57 Å². The molecule has 0 bridgehead atoms. The SMILES string of the molecule is Cc1cc(-c2c(C)cc(C)c3c2Cc2cccc(CC(C)(C)C)c2-3)[n+](C)cc1C. The largest absolute Gasteiger partial charge is 0.213 e. The molecule has 29 heavy (non-hydrogen) atoms. The number of pyridine rings is 1. The van der Waals surface area contributed by atoms with Crippen molar-refractivity contribution in [3.05, 3.63) is 75.5 Å². The van der Waals surface area contributed by atoms with E-state index in [-0.39, 0.29) is 5.41 Å². The number of hydrogen-bond acceptors (Lipinski definition) is 0. The Balaban J connectivity index is 2.00. The molecule has 0 fully saturated rings. The Kier molecular flexibility index (Phi) is 4.69. The summed E-state index contributed by atoms with van der Waals surface area (Å²) in [6, 6.07) is 11.7. The van der Waals surface area contributed by atoms with Crippen LogP contribution in [0.3, 0.4) is 0 Å². The number of nitrogens with zero attached hydrogens (tertiary/aromatic N) is 1. The highest BCUT2D eigenvalue weighted by molar-refractivity contribution is 5.88. The van der Waals surface area contributed by atoms with Crippen LogP contribution in [0.15, 0.2) is 36.5 Å². The first-order valence-corrected chi connectivity index (χ1v) is 10.8. The topological polar surface area (TPSA) is 3.88 Å². The maximum absolute atomic E-state index is 2.40. The lowest BCUT2D eigenvalue weighted by Crippen LogP contribution is -2.32. The van der Waals surface area contributed by atoms with E-state index in [1.165, 1.54) is 61.3 Å². The molecule has 150 valence electrons. The smallest absolute Gasteiger partial charge is 0.201 e. The van der Waals surface area contributed by atoms with Gasteiger partial charge in [-0.05, 0) is 90.5 Å². The fourth-order valence-corrected chi connectivity index (χ4v) is 5.11. The van der Waals surface area contributed by atoms with E-state index < -0.39 is 0 Å². The number of benzene rings is 2. The zero-order valence-corrected chi connectivity index (χ0v) is 19.3. The van der Waals surface area contributed by atoms with Crippen molar-refractivity contribution in [2.45, 2.75) is 61.3 Å². The minimum absolute atomic E-state index is 0.278. The van der Waals surface area contributed by atoms with Gasteiger partial charge in [0.1, 0.15) is 7.05 Å². The molecule has 0 atom stereocenters. The van der Waals surface area contributed by atoms with E-state index in [1.54, 1.807) is 0 Å². The van der Waals surface area contributed by atoms with Gasteiger partial charge >= 0.3 is 0 Å². The summed E-state index contributed by atoms with van der Waals surface area (Å²) < 4.78 is 2.30. The summed E-state index contributed by atoms with van der Waals surface area (Å²) in [5, 5.41) is 0. The molecule has 0 spiro atoms. The Labute approximate surface area is 176 Å². The van der Waals surface area contributed by atoms with Gasteiger partial charge in [0.05, 0.1) is 5.56 Å². The summed E-state index contributed by atoms with van der Waals surface area (Å²) in [5.74, 6) is 0. The van der Waals surface area contributed by atoms with Crippen LogP contribution in [0.4, 0.5) is 0 Å². The molecule has 0 unspecified atom stereocenters. The summed E-state index contributed by atoms with van der Waals surface area (Å²) in [6.07, 6.45) is 4.41. The Hall–Kier alpha value is -2.41. The monoisotopic (exact) mass is 384 g/mol. The van der Waals surface area contributed by atoms with E-state index in [0.29, 0.717) is 0 Å². The van der Waals surface area contributed by atoms with Crippen molar-refractivity contribution < 1.29 is 4.57 Å². The molecule has 4 rings (SSSR count). The van der Waals surface area contributed by atoms with Crippen LogP contribution in [0.2, 0.25) is 0 Å². The highest BCUT2D eigenvalue weighted by Gasteiger charge is 2.30. The highest BCUT2D eigenvalue weighted by atomic mass is 14.9. The molecule has 1 aromatic heterocycles. The van der Waals surface area contributed by atoms with Crippen molar-refractivity contribution in [3.63, 3.8) is 0 Å². The summed E-state index contributed by atoms with van der Waals surface area (Å²) in [4.78, 5) is 0. The van der Waals surface area contributed by atoms with E-state index in [2.05, 4.69) is 96.6 Å². The number of aromatic nitrogens is 1. The van der Waals surface area contributed by atoms with Gasteiger partial charge in [0, 0.05) is 11.6 Å². The molecule has 0 saturated carbocycles. The Morgan fingerprint density at radius 1 is 0.828 bits per heavy atom. The van der Waals surface area contributed by atoms with Crippen molar-refractivity contribution >= 4 is 0 Å². The average molecular weight is 385 g/mol. The minimum atomic E-state index is 0.278. The number of rotatable bonds is 2. The Morgan fingerprint density at radius 2 is 1.52 bits per heavy atom. The van der Waals surface area contributed by atoms with E-state index in [0.717, 1.165) is 12.8 Å². The van der Waals surface area contributed by atoms with Gasteiger partial charge in [-0.2, -0.15) is 0 Å². The van der Waals surface area contributed by atoms with Crippen molar-refractivity contribution in [1.29, 1.82) is 0 Å². The van der Waals surface area contributed by atoms with Gasteiger partial charge in [0.2, 0.25) is 5.69 Å². The third-order valence-corrected chi connectivity index (χ3v) is 6.40. The second-order valence-electron chi connectivity index (χ2n) is 10.2. The zero-order valence-electron chi connectivity index (χ0n) is 19.3. The summed E-state index contributed by atoms with van der Waals surface area (Å²) >= 11 is 0. The summed E-state index contributed by atoms with van der Waals surface area (Å²) in [7, 11) is 2.18. The first kappa shape index (κ1) is 19.9. The molecular weight excluding hydrogens is 350 g/mol. The second-order valence-corrected chi connectivity index (χ2v) is 10.2. The van der Waals surface area contributed by atoms with Crippen LogP contribution in [-0.4, -0.2) is 0 Å². The summed E-state index contributed by atoms with van der Waals surface area (Å²) in [6.45, 7) is 16.0. The Bertz CT molecular complexity index is 1130. The molecule has 1 heterocycles. The van der Waals surface area contributed by atoms with Gasteiger partial charge in [-0.1, -0.05) is 45.0 Å². The van der Waals surface area contributed by atoms with Crippen LogP contribution in [0, 0.1) is 33.1 Å². The molecule has 0 saturated heterocycles. The molecule has 1 heteroatoms. The van der Waals surface area contributed by atoms with Gasteiger partial charge in [0.15, 0.2) is 6.20 Å².